The van der Waals surface area contributed by atoms with Gasteiger partial charge in [-0.05, 0) is 0 Å². The van der Waals surface area contributed by atoms with Crippen molar-refractivity contribution in [3.8, 4) is 0 Å². The van der Waals surface area contributed by atoms with Gasteiger partial charge in [0.1, 0.15) is 0 Å². The molecule has 0 rings (SSSR count). The molecule has 0 aromatic carbocycles. The Morgan fingerprint density at radius 2 is 0.750 bits per heavy atom. The molecular formula is C8H27NO8PtS2. The summed E-state index contributed by atoms with van der Waals surface area (Å²) in [6, 6.07) is 0. The van der Waals surface area contributed by atoms with Gasteiger partial charge in [0.15, 0.2) is 0 Å². The van der Waals surface area contributed by atoms with E-state index >= 15 is 0 Å². The molecule has 0 aliphatic rings. The minimum atomic E-state index is -4.67. The smallest absolute Gasteiger partial charge is 0.344 e. The van der Waals surface area contributed by atoms with Crippen molar-refractivity contribution in [3.63, 3.8) is 0 Å². The topological polar surface area (TPSA) is 184 Å². The van der Waals surface area contributed by atoms with Crippen molar-refractivity contribution in [3.05, 3.63) is 0 Å². The Balaban J connectivity index is -0.000000101. The van der Waals surface area contributed by atoms with Crippen molar-refractivity contribution in [2.45, 2.75) is 46.9 Å². The zero-order chi connectivity index (χ0) is 16.3. The third-order valence-corrected chi connectivity index (χ3v) is 15.5. The Kier molecular flexibility index (Phi) is 18.7. The molecule has 12 heteroatoms. The molecule has 0 amide bonds. The first-order valence-corrected chi connectivity index (χ1v) is 14.3. The second-order valence-corrected chi connectivity index (χ2v) is 17.8. The normalized spacial score (nSPS) is 12.0. The molecule has 9 nitrogen and oxygen atoms in total. The third-order valence-electron chi connectivity index (χ3n) is 1.90. The van der Waals surface area contributed by atoms with Crippen LogP contribution in [0.2, 0.25) is 19.2 Å². The second kappa shape index (κ2) is 13.1. The Bertz CT molecular complexity index is 341. The van der Waals surface area contributed by atoms with Gasteiger partial charge >= 0.3 is 83.8 Å². The molecule has 0 saturated heterocycles. The molecule has 0 bridgehead atoms. The van der Waals surface area contributed by atoms with Gasteiger partial charge < -0.3 is 6.15 Å². The quantitative estimate of drug-likeness (QED) is 0.345. The maximum atomic E-state index is 8.74. The van der Waals surface area contributed by atoms with E-state index in [0.717, 1.165) is 0 Å². The number of hydrogen-bond acceptors (Lipinski definition) is 5. The molecule has 0 fully saturated rings. The van der Waals surface area contributed by atoms with E-state index in [0.29, 0.717) is 0 Å². The van der Waals surface area contributed by atoms with Crippen molar-refractivity contribution in [1.29, 1.82) is 0 Å². The zero-order valence-corrected chi connectivity index (χ0v) is 16.0. The van der Waals surface area contributed by atoms with Crippen molar-refractivity contribution < 1.29 is 51.1 Å². The Morgan fingerprint density at radius 1 is 0.650 bits per heavy atom. The van der Waals surface area contributed by atoms with Crippen LogP contribution in [0.4, 0.5) is 0 Å². The predicted octanol–water partition coefficient (Wildman–Crippen LogP) is 2.75. The standard InChI is InChI=1S/4C2H5.H3N.2H2O4S.Pt/c4*1-2;;2*1-5(2,3)4;/h4*1H2,2H3;1H3;2*(H2,1,2,3,4);. The average molecular weight is 525 g/mol. The fraction of sp³-hybridized carbons (Fsp3) is 1.00. The first-order valence-electron chi connectivity index (χ1n) is 5.12. The van der Waals surface area contributed by atoms with Gasteiger partial charge in [0.05, 0.1) is 0 Å². The van der Waals surface area contributed by atoms with Crippen LogP contribution in [0.3, 0.4) is 0 Å². The first-order chi connectivity index (χ1) is 8.24. The van der Waals surface area contributed by atoms with E-state index < -0.39 is 36.9 Å². The van der Waals surface area contributed by atoms with E-state index in [-0.39, 0.29) is 6.15 Å². The summed E-state index contributed by atoms with van der Waals surface area (Å²) in [7, 11) is -9.33. The monoisotopic (exact) mass is 524 g/mol. The van der Waals surface area contributed by atoms with Crippen LogP contribution in [0.25, 0.3) is 0 Å². The molecule has 0 aliphatic heterocycles. The van der Waals surface area contributed by atoms with Gasteiger partial charge in [-0.3, -0.25) is 18.2 Å². The Morgan fingerprint density at radius 3 is 0.750 bits per heavy atom. The Labute approximate surface area is 125 Å². The molecule has 20 heavy (non-hydrogen) atoms. The maximum Gasteiger partial charge on any atom is 0.394 e. The van der Waals surface area contributed by atoms with Crippen molar-refractivity contribution in [2.24, 2.45) is 0 Å². The van der Waals surface area contributed by atoms with Gasteiger partial charge in [-0.1, -0.05) is 0 Å². The molecule has 0 unspecified atom stereocenters. The molecule has 0 aromatic heterocycles. The van der Waals surface area contributed by atoms with Gasteiger partial charge in [-0.25, -0.2) is 0 Å². The molecule has 0 spiro atoms. The van der Waals surface area contributed by atoms with Crippen LogP contribution < -0.4 is 6.15 Å². The summed E-state index contributed by atoms with van der Waals surface area (Å²) < 4.78 is 63.2. The predicted molar refractivity (Wildman–Crippen MR) is 75.3 cm³/mol. The van der Waals surface area contributed by atoms with E-state index in [1.807, 2.05) is 0 Å². The molecule has 0 saturated carbocycles. The average Bonchev–Trinajstić information content (AvgIpc) is 2.17. The summed E-state index contributed by atoms with van der Waals surface area (Å²) in [5.74, 6) is 0. The first kappa shape index (κ1) is 28.5. The molecule has 0 aliphatic carbocycles. The summed E-state index contributed by atoms with van der Waals surface area (Å²) in [6.45, 7) is 9.53. The van der Waals surface area contributed by atoms with Gasteiger partial charge in [0.2, 0.25) is 0 Å². The fourth-order valence-electron chi connectivity index (χ4n) is 0.949. The molecule has 7 N–H and O–H groups in total. The Hall–Kier alpha value is 0.388. The molecule has 0 aromatic rings. The van der Waals surface area contributed by atoms with E-state index in [1.54, 1.807) is 0 Å². The van der Waals surface area contributed by atoms with Crippen LogP contribution in [0.15, 0.2) is 0 Å². The van der Waals surface area contributed by atoms with Crippen molar-refractivity contribution in [1.82, 2.24) is 6.15 Å². The maximum absolute atomic E-state index is 8.74. The SMILES string of the molecule is C[CH2][Pt]([CH2]C)([CH2]C)[CH2]C.N.O=S(=O)(O)O.O=S(=O)(O)O. The summed E-state index contributed by atoms with van der Waals surface area (Å²) in [5.41, 5.74) is 0. The van der Waals surface area contributed by atoms with Crippen molar-refractivity contribution >= 4 is 20.8 Å². The molecule has 134 valence electrons. The van der Waals surface area contributed by atoms with E-state index in [1.165, 1.54) is 19.2 Å². The van der Waals surface area contributed by atoms with E-state index in [9.17, 15) is 0 Å². The van der Waals surface area contributed by atoms with Gasteiger partial charge in [0.25, 0.3) is 0 Å². The minimum Gasteiger partial charge on any atom is -0.344 e. The molecular weight excluding hydrogens is 497 g/mol. The van der Waals surface area contributed by atoms with Gasteiger partial charge in [-0.2, -0.15) is 16.8 Å². The van der Waals surface area contributed by atoms with Crippen LogP contribution in [0, 0.1) is 0 Å². The van der Waals surface area contributed by atoms with Gasteiger partial charge in [0, 0.05) is 0 Å². The third kappa shape index (κ3) is 36.2. The molecule has 0 heterocycles. The van der Waals surface area contributed by atoms with E-state index in [2.05, 4.69) is 27.7 Å². The summed E-state index contributed by atoms with van der Waals surface area (Å²) in [4.78, 5) is 6.10. The fourth-order valence-corrected chi connectivity index (χ4v) is 7.77. The second-order valence-electron chi connectivity index (χ2n) is 2.74. The summed E-state index contributed by atoms with van der Waals surface area (Å²) >= 11 is -1.10. The van der Waals surface area contributed by atoms with Crippen LogP contribution in [-0.4, -0.2) is 35.0 Å². The van der Waals surface area contributed by atoms with Crippen LogP contribution in [0.1, 0.15) is 27.7 Å². The minimum absolute atomic E-state index is 0. The van der Waals surface area contributed by atoms with Gasteiger partial charge in [-0.15, -0.1) is 0 Å². The summed E-state index contributed by atoms with van der Waals surface area (Å²) in [6.07, 6.45) is 0. The van der Waals surface area contributed by atoms with E-state index in [4.69, 9.17) is 35.0 Å². The van der Waals surface area contributed by atoms with Crippen LogP contribution in [0.5, 0.6) is 0 Å². The summed E-state index contributed by atoms with van der Waals surface area (Å²) in [5, 5.41) is 0. The molecule has 0 atom stereocenters. The number of rotatable bonds is 4. The molecule has 0 radical (unpaired) electrons. The zero-order valence-electron chi connectivity index (χ0n) is 12.1. The largest absolute Gasteiger partial charge is 0.394 e. The number of hydrogen-bond donors (Lipinski definition) is 5. The van der Waals surface area contributed by atoms with Crippen LogP contribution in [-0.2, 0) is 36.9 Å². The van der Waals surface area contributed by atoms with Crippen molar-refractivity contribution in [2.75, 3.05) is 0 Å². The van der Waals surface area contributed by atoms with Crippen LogP contribution >= 0.6 is 0 Å².